The van der Waals surface area contributed by atoms with Gasteiger partial charge in [0.15, 0.2) is 0 Å². The van der Waals surface area contributed by atoms with Gasteiger partial charge in [0, 0.05) is 46.6 Å². The van der Waals surface area contributed by atoms with Gasteiger partial charge in [0.05, 0.1) is 25.5 Å². The largest absolute Gasteiger partial charge is 0.497 e. The summed E-state index contributed by atoms with van der Waals surface area (Å²) in [6, 6.07) is 9.14. The highest BCUT2D eigenvalue weighted by molar-refractivity contribution is 7.99. The zero-order valence-electron chi connectivity index (χ0n) is 19.3. The number of alkyl halides is 3. The van der Waals surface area contributed by atoms with E-state index in [1.54, 1.807) is 18.2 Å². The Bertz CT molecular complexity index is 1310. The minimum Gasteiger partial charge on any atom is -0.497 e. The van der Waals surface area contributed by atoms with Crippen LogP contribution < -0.4 is 19.9 Å². The third-order valence-electron chi connectivity index (χ3n) is 6.35. The van der Waals surface area contributed by atoms with Gasteiger partial charge in [-0.15, -0.1) is 11.8 Å². The minimum absolute atomic E-state index is 0.261. The zero-order chi connectivity index (χ0) is 24.7. The second-order valence-electron chi connectivity index (χ2n) is 8.47. The van der Waals surface area contributed by atoms with Crippen molar-refractivity contribution in [2.45, 2.75) is 30.3 Å². The van der Waals surface area contributed by atoms with E-state index < -0.39 is 17.3 Å². The molecule has 0 N–H and O–H groups in total. The molecular formula is C25H24F3N3O3S. The lowest BCUT2D eigenvalue weighted by Crippen LogP contribution is -2.28. The van der Waals surface area contributed by atoms with Crippen LogP contribution >= 0.6 is 11.8 Å². The number of benzene rings is 2. The average molecular weight is 504 g/mol. The van der Waals surface area contributed by atoms with E-state index in [0.29, 0.717) is 51.1 Å². The molecule has 0 aliphatic carbocycles. The van der Waals surface area contributed by atoms with E-state index in [0.717, 1.165) is 36.7 Å². The van der Waals surface area contributed by atoms with Gasteiger partial charge < -0.3 is 14.4 Å². The average Bonchev–Trinajstić information content (AvgIpc) is 3.56. The highest BCUT2D eigenvalue weighted by Crippen LogP contribution is 2.41. The molecule has 0 atom stereocenters. The first-order valence-corrected chi connectivity index (χ1v) is 12.3. The second-order valence-corrected chi connectivity index (χ2v) is 9.57. The van der Waals surface area contributed by atoms with Gasteiger partial charge in [-0.3, -0.25) is 4.79 Å². The van der Waals surface area contributed by atoms with Gasteiger partial charge in [-0.1, -0.05) is 0 Å². The van der Waals surface area contributed by atoms with Crippen LogP contribution in [0.15, 0.2) is 46.1 Å². The highest BCUT2D eigenvalue weighted by Gasteiger charge is 2.36. The molecule has 35 heavy (non-hydrogen) atoms. The van der Waals surface area contributed by atoms with Crippen LogP contribution in [-0.4, -0.2) is 42.8 Å². The molecule has 5 rings (SSSR count). The Hall–Kier alpha value is -3.14. The molecule has 3 aromatic rings. The molecular weight excluding hydrogens is 479 g/mol. The fraction of sp³-hybridized carbons (Fsp3) is 0.360. The van der Waals surface area contributed by atoms with Crippen LogP contribution in [0.3, 0.4) is 0 Å². The van der Waals surface area contributed by atoms with Crippen LogP contribution in [-0.2, 0) is 12.6 Å². The zero-order valence-corrected chi connectivity index (χ0v) is 20.1. The van der Waals surface area contributed by atoms with Gasteiger partial charge in [-0.25, -0.2) is 0 Å². The van der Waals surface area contributed by atoms with Crippen LogP contribution in [0.1, 0.15) is 24.0 Å². The summed E-state index contributed by atoms with van der Waals surface area (Å²) in [5.74, 6) is 1.69. The van der Waals surface area contributed by atoms with Crippen LogP contribution in [0.4, 0.5) is 18.9 Å². The van der Waals surface area contributed by atoms with E-state index in [1.807, 2.05) is 4.90 Å². The maximum Gasteiger partial charge on any atom is 0.418 e. The number of aromatic nitrogens is 2. The number of halogens is 3. The number of thioether (sulfide) groups is 1. The second kappa shape index (κ2) is 9.14. The van der Waals surface area contributed by atoms with E-state index in [4.69, 9.17) is 9.47 Å². The van der Waals surface area contributed by atoms with Crippen molar-refractivity contribution in [3.05, 3.63) is 57.9 Å². The number of ether oxygens (including phenoxy) is 2. The summed E-state index contributed by atoms with van der Waals surface area (Å²) >= 11 is 1.48. The van der Waals surface area contributed by atoms with Gasteiger partial charge in [0.25, 0.3) is 5.56 Å². The number of rotatable bonds is 5. The van der Waals surface area contributed by atoms with Gasteiger partial charge in [-0.05, 0) is 49.6 Å². The number of methoxy groups -OCH3 is 2. The standard InChI is InChI=1S/C25H24F3N3O3S/c1-33-17-11-15(12-18(14-17)34-2)22-23-19(7-10-35-23)24(32)31(29-22)21-13-16(30-8-3-4-9-30)5-6-20(21)25(26,27)28/h5-6,11-14H,3-4,7-10H2,1-2H3. The van der Waals surface area contributed by atoms with E-state index >= 15 is 0 Å². The summed E-state index contributed by atoms with van der Waals surface area (Å²) in [4.78, 5) is 16.2. The summed E-state index contributed by atoms with van der Waals surface area (Å²) in [6.45, 7) is 1.53. The lowest BCUT2D eigenvalue weighted by Gasteiger charge is -2.22. The molecule has 10 heteroatoms. The van der Waals surface area contributed by atoms with Crippen molar-refractivity contribution in [1.29, 1.82) is 0 Å². The van der Waals surface area contributed by atoms with Crippen LogP contribution in [0.25, 0.3) is 16.9 Å². The molecule has 0 saturated carbocycles. The van der Waals surface area contributed by atoms with Crippen molar-refractivity contribution in [3.8, 4) is 28.4 Å². The first-order chi connectivity index (χ1) is 16.8. The normalized spacial score (nSPS) is 15.4. The molecule has 3 heterocycles. The third kappa shape index (κ3) is 4.35. The molecule has 0 radical (unpaired) electrons. The van der Waals surface area contributed by atoms with Crippen molar-refractivity contribution < 1.29 is 22.6 Å². The molecule has 2 aliphatic heterocycles. The molecule has 1 aromatic heterocycles. The number of fused-ring (bicyclic) bond motifs is 1. The van der Waals surface area contributed by atoms with Gasteiger partial charge >= 0.3 is 6.18 Å². The van der Waals surface area contributed by atoms with Gasteiger partial charge in [0.1, 0.15) is 17.2 Å². The molecule has 0 spiro atoms. The van der Waals surface area contributed by atoms with Crippen LogP contribution in [0.2, 0.25) is 0 Å². The van der Waals surface area contributed by atoms with Gasteiger partial charge in [-0.2, -0.15) is 23.0 Å². The Kier molecular flexibility index (Phi) is 6.16. The molecule has 184 valence electrons. The smallest absolute Gasteiger partial charge is 0.418 e. The number of anilines is 1. The molecule has 1 fully saturated rings. The van der Waals surface area contributed by atoms with E-state index in [-0.39, 0.29) is 5.69 Å². The first kappa shape index (κ1) is 23.6. The molecule has 0 unspecified atom stereocenters. The van der Waals surface area contributed by atoms with E-state index in [1.165, 1.54) is 38.1 Å². The Balaban J connectivity index is 1.77. The van der Waals surface area contributed by atoms with Crippen LogP contribution in [0, 0.1) is 0 Å². The lowest BCUT2D eigenvalue weighted by molar-refractivity contribution is -0.137. The van der Waals surface area contributed by atoms with Crippen molar-refractivity contribution in [2.75, 3.05) is 38.0 Å². The lowest BCUT2D eigenvalue weighted by atomic mass is 10.1. The predicted molar refractivity (Wildman–Crippen MR) is 129 cm³/mol. The summed E-state index contributed by atoms with van der Waals surface area (Å²) < 4.78 is 53.9. The molecule has 0 amide bonds. The van der Waals surface area contributed by atoms with Crippen molar-refractivity contribution in [1.82, 2.24) is 9.78 Å². The molecule has 0 bridgehead atoms. The summed E-state index contributed by atoms with van der Waals surface area (Å²) in [5.41, 5.74) is 0.481. The molecule has 1 saturated heterocycles. The maximum atomic E-state index is 14.1. The monoisotopic (exact) mass is 503 g/mol. The molecule has 2 aliphatic rings. The predicted octanol–water partition coefficient (Wildman–Crippen LogP) is 5.18. The van der Waals surface area contributed by atoms with Crippen LogP contribution in [0.5, 0.6) is 11.5 Å². The van der Waals surface area contributed by atoms with E-state index in [9.17, 15) is 18.0 Å². The third-order valence-corrected chi connectivity index (χ3v) is 7.49. The quantitative estimate of drug-likeness (QED) is 0.478. The molecule has 6 nitrogen and oxygen atoms in total. The Morgan fingerprint density at radius 2 is 1.69 bits per heavy atom. The summed E-state index contributed by atoms with van der Waals surface area (Å²) in [6.07, 6.45) is -2.23. The topological polar surface area (TPSA) is 56.6 Å². The highest BCUT2D eigenvalue weighted by atomic mass is 32.2. The summed E-state index contributed by atoms with van der Waals surface area (Å²) in [7, 11) is 3.04. The summed E-state index contributed by atoms with van der Waals surface area (Å²) in [5, 5.41) is 4.53. The van der Waals surface area contributed by atoms with Crippen molar-refractivity contribution in [2.24, 2.45) is 0 Å². The van der Waals surface area contributed by atoms with Gasteiger partial charge in [0.2, 0.25) is 0 Å². The Morgan fingerprint density at radius 3 is 2.31 bits per heavy atom. The SMILES string of the molecule is COc1cc(OC)cc(-c2nn(-c3cc(N4CCCC4)ccc3C(F)(F)F)c(=O)c3c2SCC3)c1. The first-order valence-electron chi connectivity index (χ1n) is 11.3. The fourth-order valence-corrected chi connectivity index (χ4v) is 5.76. The van der Waals surface area contributed by atoms with Crippen molar-refractivity contribution >= 4 is 17.4 Å². The van der Waals surface area contributed by atoms with E-state index in [2.05, 4.69) is 5.10 Å². The maximum absolute atomic E-state index is 14.1. The Morgan fingerprint density at radius 1 is 1.00 bits per heavy atom. The minimum atomic E-state index is -4.65. The fourth-order valence-electron chi connectivity index (χ4n) is 4.59. The van der Waals surface area contributed by atoms with Crippen molar-refractivity contribution in [3.63, 3.8) is 0 Å². The number of nitrogens with zero attached hydrogens (tertiary/aromatic N) is 3. The number of hydrogen-bond acceptors (Lipinski definition) is 6. The Labute approximate surface area is 204 Å². The molecule has 2 aromatic carbocycles. The number of hydrogen-bond donors (Lipinski definition) is 0.